The molecule has 0 aliphatic carbocycles. The lowest BCUT2D eigenvalue weighted by Gasteiger charge is -2.29. The Labute approximate surface area is 187 Å². The Hall–Kier alpha value is -3.01. The van der Waals surface area contributed by atoms with E-state index in [1.54, 1.807) is 6.92 Å². The van der Waals surface area contributed by atoms with Crippen molar-refractivity contribution in [2.75, 3.05) is 24.2 Å². The lowest BCUT2D eigenvalue weighted by Crippen LogP contribution is -2.46. The van der Waals surface area contributed by atoms with E-state index in [0.29, 0.717) is 11.3 Å². The van der Waals surface area contributed by atoms with Crippen LogP contribution >= 0.6 is 0 Å². The summed E-state index contributed by atoms with van der Waals surface area (Å²) in [6.45, 7) is 1.69. The molecule has 0 unspecified atom stereocenters. The Bertz CT molecular complexity index is 1030. The molecule has 1 N–H and O–H groups in total. The zero-order valence-electron chi connectivity index (χ0n) is 18.2. The van der Waals surface area contributed by atoms with Crippen LogP contribution in [0.15, 0.2) is 48.5 Å². The van der Waals surface area contributed by atoms with Gasteiger partial charge < -0.3 is 10.2 Å². The maximum absolute atomic E-state index is 13.2. The van der Waals surface area contributed by atoms with E-state index >= 15 is 0 Å². The zero-order chi connectivity index (χ0) is 23.9. The smallest absolute Gasteiger partial charge is 0.242 e. The van der Waals surface area contributed by atoms with E-state index < -0.39 is 27.7 Å². The van der Waals surface area contributed by atoms with Gasteiger partial charge in [0.05, 0.1) is 11.9 Å². The number of halogens is 2. The van der Waals surface area contributed by atoms with Gasteiger partial charge in [-0.2, -0.15) is 0 Å². The molecule has 10 heteroatoms. The van der Waals surface area contributed by atoms with Crippen molar-refractivity contribution in [3.05, 3.63) is 65.7 Å². The molecule has 2 aromatic rings. The van der Waals surface area contributed by atoms with Crippen LogP contribution in [0.4, 0.5) is 14.5 Å². The molecule has 0 aromatic heterocycles. The van der Waals surface area contributed by atoms with E-state index in [0.717, 1.165) is 22.7 Å². The third-order valence-corrected chi connectivity index (χ3v) is 6.14. The summed E-state index contributed by atoms with van der Waals surface area (Å²) in [6, 6.07) is 9.87. The Morgan fingerprint density at radius 3 is 2.03 bits per heavy atom. The molecule has 0 saturated carbocycles. The highest BCUT2D eigenvalue weighted by atomic mass is 32.2. The highest BCUT2D eigenvalue weighted by Crippen LogP contribution is 2.19. The quantitative estimate of drug-likeness (QED) is 0.582. The number of nitrogens with one attached hydrogen (secondary N) is 1. The summed E-state index contributed by atoms with van der Waals surface area (Å²) in [6.07, 6.45) is 1.20. The topological polar surface area (TPSA) is 86.8 Å². The summed E-state index contributed by atoms with van der Waals surface area (Å²) in [7, 11) is -2.18. The van der Waals surface area contributed by atoms with Crippen LogP contribution in [0.3, 0.4) is 0 Å². The molecule has 0 heterocycles. The molecular formula is C22H27F2N3O4S. The minimum absolute atomic E-state index is 0.00888. The number of rotatable bonds is 10. The van der Waals surface area contributed by atoms with Crippen molar-refractivity contribution in [1.29, 1.82) is 0 Å². The second kappa shape index (κ2) is 11.0. The average Bonchev–Trinajstić information content (AvgIpc) is 2.75. The van der Waals surface area contributed by atoms with Crippen LogP contribution in [0.1, 0.15) is 25.3 Å². The number of likely N-dealkylation sites (N-methyl/N-ethyl adjacent to an activating group) is 1. The van der Waals surface area contributed by atoms with Gasteiger partial charge in [0.2, 0.25) is 21.8 Å². The van der Waals surface area contributed by atoms with Crippen molar-refractivity contribution in [3.8, 4) is 0 Å². The Morgan fingerprint density at radius 1 is 1.00 bits per heavy atom. The van der Waals surface area contributed by atoms with Gasteiger partial charge >= 0.3 is 0 Å². The minimum Gasteiger partial charge on any atom is -0.357 e. The Morgan fingerprint density at radius 2 is 1.53 bits per heavy atom. The molecule has 0 spiro atoms. The van der Waals surface area contributed by atoms with Crippen molar-refractivity contribution >= 4 is 27.5 Å². The van der Waals surface area contributed by atoms with E-state index in [-0.39, 0.29) is 37.7 Å². The molecule has 0 radical (unpaired) electrons. The van der Waals surface area contributed by atoms with Crippen LogP contribution in [-0.2, 0) is 26.2 Å². The normalized spacial score (nSPS) is 12.2. The average molecular weight is 468 g/mol. The summed E-state index contributed by atoms with van der Waals surface area (Å²) in [5.74, 6) is -1.60. The summed E-state index contributed by atoms with van der Waals surface area (Å²) >= 11 is 0. The van der Waals surface area contributed by atoms with Gasteiger partial charge in [-0.05, 0) is 55.3 Å². The molecule has 2 amide bonds. The largest absolute Gasteiger partial charge is 0.357 e. The third-order valence-electron chi connectivity index (χ3n) is 4.95. The van der Waals surface area contributed by atoms with Gasteiger partial charge in [-0.25, -0.2) is 17.2 Å². The minimum atomic E-state index is -3.65. The molecule has 174 valence electrons. The van der Waals surface area contributed by atoms with Crippen molar-refractivity contribution in [1.82, 2.24) is 10.2 Å². The van der Waals surface area contributed by atoms with Crippen LogP contribution in [-0.4, -0.2) is 51.0 Å². The maximum Gasteiger partial charge on any atom is 0.242 e. The van der Waals surface area contributed by atoms with Gasteiger partial charge in [0.15, 0.2) is 0 Å². The van der Waals surface area contributed by atoms with E-state index in [4.69, 9.17) is 0 Å². The van der Waals surface area contributed by atoms with Crippen LogP contribution < -0.4 is 9.62 Å². The fourth-order valence-electron chi connectivity index (χ4n) is 3.19. The number of sulfonamides is 1. The summed E-state index contributed by atoms with van der Waals surface area (Å²) < 4.78 is 51.9. The Balaban J connectivity index is 2.12. The van der Waals surface area contributed by atoms with E-state index in [1.807, 2.05) is 0 Å². The number of anilines is 1. The maximum atomic E-state index is 13.2. The molecule has 0 aliphatic heterocycles. The van der Waals surface area contributed by atoms with Crippen LogP contribution in [0, 0.1) is 11.6 Å². The second-order valence-corrected chi connectivity index (χ2v) is 9.26. The summed E-state index contributed by atoms with van der Waals surface area (Å²) in [5, 5.41) is 2.50. The monoisotopic (exact) mass is 467 g/mol. The van der Waals surface area contributed by atoms with E-state index in [1.165, 1.54) is 48.3 Å². The first-order valence-corrected chi connectivity index (χ1v) is 11.9. The third kappa shape index (κ3) is 7.01. The predicted octanol–water partition coefficient (Wildman–Crippen LogP) is 2.67. The van der Waals surface area contributed by atoms with Gasteiger partial charge in [0.1, 0.15) is 17.7 Å². The number of carbonyl (C=O) groups excluding carboxylic acids is 2. The molecule has 2 rings (SSSR count). The van der Waals surface area contributed by atoms with E-state index in [2.05, 4.69) is 5.32 Å². The number of nitrogens with zero attached hydrogens (tertiary/aromatic N) is 2. The molecule has 0 fully saturated rings. The fourth-order valence-corrected chi connectivity index (χ4v) is 4.15. The standard InChI is InChI=1S/C22H27F2N3O4S/c1-16(22(29)25-2)26(15-17-6-8-18(23)9-7-17)21(28)5-4-14-27(32(3,30)31)20-12-10-19(24)11-13-20/h6-13,16H,4-5,14-15H2,1-3H3,(H,25,29)/t16-/m0/s1. The van der Waals surface area contributed by atoms with Gasteiger partial charge in [0, 0.05) is 26.6 Å². The molecule has 0 aliphatic rings. The number of hydrogen-bond acceptors (Lipinski definition) is 4. The fraction of sp³-hybridized carbons (Fsp3) is 0.364. The molecule has 2 aromatic carbocycles. The number of benzene rings is 2. The second-order valence-electron chi connectivity index (χ2n) is 7.35. The molecule has 7 nitrogen and oxygen atoms in total. The SMILES string of the molecule is CNC(=O)[C@H](C)N(Cc1ccc(F)cc1)C(=O)CCCN(c1ccc(F)cc1)S(C)(=O)=O. The van der Waals surface area contributed by atoms with Crippen LogP contribution in [0.25, 0.3) is 0 Å². The molecule has 32 heavy (non-hydrogen) atoms. The highest BCUT2D eigenvalue weighted by Gasteiger charge is 2.26. The lowest BCUT2D eigenvalue weighted by molar-refractivity contribution is -0.140. The van der Waals surface area contributed by atoms with Crippen molar-refractivity contribution in [2.24, 2.45) is 0 Å². The number of hydrogen-bond donors (Lipinski definition) is 1. The zero-order valence-corrected chi connectivity index (χ0v) is 19.0. The van der Waals surface area contributed by atoms with Crippen molar-refractivity contribution in [2.45, 2.75) is 32.4 Å². The first-order chi connectivity index (χ1) is 15.0. The number of amides is 2. The van der Waals surface area contributed by atoms with Gasteiger partial charge in [0.25, 0.3) is 0 Å². The molecule has 1 atom stereocenters. The first kappa shape index (κ1) is 25.3. The molecule has 0 saturated heterocycles. The lowest BCUT2D eigenvalue weighted by atomic mass is 10.1. The molecule has 0 bridgehead atoms. The van der Waals surface area contributed by atoms with Crippen molar-refractivity contribution < 1.29 is 26.8 Å². The van der Waals surface area contributed by atoms with Gasteiger partial charge in [-0.15, -0.1) is 0 Å². The van der Waals surface area contributed by atoms with Gasteiger partial charge in [-0.1, -0.05) is 12.1 Å². The predicted molar refractivity (Wildman–Crippen MR) is 118 cm³/mol. The summed E-state index contributed by atoms with van der Waals surface area (Å²) in [4.78, 5) is 26.5. The van der Waals surface area contributed by atoms with Crippen LogP contribution in [0.5, 0.6) is 0 Å². The molecular weight excluding hydrogens is 440 g/mol. The van der Waals surface area contributed by atoms with Gasteiger partial charge in [-0.3, -0.25) is 13.9 Å². The first-order valence-electron chi connectivity index (χ1n) is 10.0. The van der Waals surface area contributed by atoms with E-state index in [9.17, 15) is 26.8 Å². The summed E-state index contributed by atoms with van der Waals surface area (Å²) in [5.41, 5.74) is 0.947. The van der Waals surface area contributed by atoms with Crippen LogP contribution in [0.2, 0.25) is 0 Å². The number of carbonyl (C=O) groups is 2. The Kier molecular flexibility index (Phi) is 8.71. The van der Waals surface area contributed by atoms with Crippen molar-refractivity contribution in [3.63, 3.8) is 0 Å². The highest BCUT2D eigenvalue weighted by molar-refractivity contribution is 7.92.